The summed E-state index contributed by atoms with van der Waals surface area (Å²) in [6, 6.07) is -0.424. The number of unbranched alkanes of at least 4 members (excludes halogenated alkanes) is 1. The smallest absolute Gasteiger partial charge is 0.245 e. The van der Waals surface area contributed by atoms with Gasteiger partial charge in [0.25, 0.3) is 0 Å². The second kappa shape index (κ2) is 8.95. The number of carbonyl (C=O) groups excluding carboxylic acids is 2. The van der Waals surface area contributed by atoms with Gasteiger partial charge in [0.2, 0.25) is 11.8 Å². The average molecular weight is 284 g/mol. The molecule has 20 heavy (non-hydrogen) atoms. The van der Waals surface area contributed by atoms with Gasteiger partial charge < -0.3 is 15.0 Å². The molecule has 116 valence electrons. The summed E-state index contributed by atoms with van der Waals surface area (Å²) >= 11 is 0. The highest BCUT2D eigenvalue weighted by Crippen LogP contribution is 2.14. The van der Waals surface area contributed by atoms with Crippen LogP contribution in [0.4, 0.5) is 0 Å². The molecule has 1 heterocycles. The van der Waals surface area contributed by atoms with Gasteiger partial charge in [-0.15, -0.1) is 0 Å². The molecule has 0 saturated carbocycles. The molecule has 1 fully saturated rings. The number of ether oxygens (including phenoxy) is 1. The van der Waals surface area contributed by atoms with Crippen LogP contribution in [-0.2, 0) is 14.3 Å². The van der Waals surface area contributed by atoms with Gasteiger partial charge in [0.1, 0.15) is 6.04 Å². The van der Waals surface area contributed by atoms with Crippen LogP contribution < -0.4 is 5.32 Å². The van der Waals surface area contributed by atoms with Crippen LogP contribution in [0.2, 0.25) is 0 Å². The van der Waals surface area contributed by atoms with Crippen LogP contribution in [0, 0.1) is 0 Å². The number of nitrogens with zero attached hydrogens (tertiary/aromatic N) is 1. The summed E-state index contributed by atoms with van der Waals surface area (Å²) in [6.45, 7) is 7.92. The molecule has 1 saturated heterocycles. The minimum absolute atomic E-state index is 0.0290. The molecule has 1 rings (SSSR count). The maximum absolute atomic E-state index is 12.5. The van der Waals surface area contributed by atoms with Crippen LogP contribution in [-0.4, -0.2) is 48.6 Å². The third-order valence-corrected chi connectivity index (χ3v) is 3.63. The summed E-state index contributed by atoms with van der Waals surface area (Å²) in [7, 11) is 0. The van der Waals surface area contributed by atoms with E-state index in [1.54, 1.807) is 4.90 Å². The Bertz CT molecular complexity index is 320. The molecule has 0 bridgehead atoms. The van der Waals surface area contributed by atoms with E-state index in [-0.39, 0.29) is 23.9 Å². The summed E-state index contributed by atoms with van der Waals surface area (Å²) in [6.07, 6.45) is 4.11. The molecule has 1 aliphatic heterocycles. The van der Waals surface area contributed by atoms with Gasteiger partial charge in [-0.3, -0.25) is 9.59 Å². The Morgan fingerprint density at radius 2 is 2.00 bits per heavy atom. The number of hydrogen-bond acceptors (Lipinski definition) is 3. The van der Waals surface area contributed by atoms with Gasteiger partial charge >= 0.3 is 0 Å². The molecule has 0 aromatic carbocycles. The maximum Gasteiger partial charge on any atom is 0.245 e. The summed E-state index contributed by atoms with van der Waals surface area (Å²) in [4.78, 5) is 26.0. The minimum atomic E-state index is -0.368. The second-order valence-corrected chi connectivity index (χ2v) is 5.46. The maximum atomic E-state index is 12.5. The lowest BCUT2D eigenvalue weighted by molar-refractivity contribution is -0.135. The summed E-state index contributed by atoms with van der Waals surface area (Å²) in [5.41, 5.74) is 0. The van der Waals surface area contributed by atoms with Gasteiger partial charge in [-0.1, -0.05) is 26.7 Å². The minimum Gasteiger partial charge on any atom is -0.380 e. The van der Waals surface area contributed by atoms with Crippen molar-refractivity contribution in [1.82, 2.24) is 10.2 Å². The largest absolute Gasteiger partial charge is 0.380 e. The normalized spacial score (nSPS) is 23.6. The monoisotopic (exact) mass is 284 g/mol. The van der Waals surface area contributed by atoms with Gasteiger partial charge in [0, 0.05) is 25.6 Å². The zero-order valence-electron chi connectivity index (χ0n) is 13.0. The van der Waals surface area contributed by atoms with Crippen LogP contribution in [0.15, 0.2) is 0 Å². The lowest BCUT2D eigenvalue weighted by Crippen LogP contribution is -2.47. The molecule has 0 aliphatic carbocycles. The molecular weight excluding hydrogens is 256 g/mol. The Balaban J connectivity index is 2.55. The Morgan fingerprint density at radius 1 is 1.25 bits per heavy atom. The molecular formula is C15H28N2O3. The number of amides is 2. The lowest BCUT2D eigenvalue weighted by atomic mass is 10.1. The highest BCUT2D eigenvalue weighted by molar-refractivity contribution is 5.90. The van der Waals surface area contributed by atoms with Crippen LogP contribution in [0.25, 0.3) is 0 Å². The fourth-order valence-electron chi connectivity index (χ4n) is 2.44. The molecule has 0 aromatic heterocycles. The van der Waals surface area contributed by atoms with Crippen LogP contribution in [0.1, 0.15) is 52.9 Å². The zero-order chi connectivity index (χ0) is 15.0. The first kappa shape index (κ1) is 17.0. The standard InChI is InChI=1S/C15H28N2O3/c1-4-6-9-20-10-8-17-12(3)11-14(18)16-13(7-5-2)15(17)19/h12-13H,4-11H2,1-3H3,(H,16,18). The third kappa shape index (κ3) is 5.12. The van der Waals surface area contributed by atoms with E-state index in [0.717, 1.165) is 25.9 Å². The molecule has 1 aliphatic rings. The first-order chi connectivity index (χ1) is 9.60. The Morgan fingerprint density at radius 3 is 2.65 bits per heavy atom. The van der Waals surface area contributed by atoms with Crippen LogP contribution in [0.3, 0.4) is 0 Å². The molecule has 1 N–H and O–H groups in total. The first-order valence-corrected chi connectivity index (χ1v) is 7.77. The predicted octanol–water partition coefficient (Wildman–Crippen LogP) is 1.71. The van der Waals surface area contributed by atoms with E-state index in [0.29, 0.717) is 26.0 Å². The SMILES string of the molecule is CCCCOCCN1C(=O)C(CCC)NC(=O)CC1C. The van der Waals surface area contributed by atoms with Gasteiger partial charge in [0.15, 0.2) is 0 Å². The number of nitrogens with one attached hydrogen (secondary N) is 1. The highest BCUT2D eigenvalue weighted by atomic mass is 16.5. The fraction of sp³-hybridized carbons (Fsp3) is 0.867. The summed E-state index contributed by atoms with van der Waals surface area (Å²) in [5, 5.41) is 2.83. The van der Waals surface area contributed by atoms with E-state index in [4.69, 9.17) is 4.74 Å². The second-order valence-electron chi connectivity index (χ2n) is 5.46. The topological polar surface area (TPSA) is 58.6 Å². The van der Waals surface area contributed by atoms with Crippen molar-refractivity contribution in [2.24, 2.45) is 0 Å². The van der Waals surface area contributed by atoms with E-state index in [1.165, 1.54) is 0 Å². The fourth-order valence-corrected chi connectivity index (χ4v) is 2.44. The molecule has 2 unspecified atom stereocenters. The summed E-state index contributed by atoms with van der Waals surface area (Å²) in [5.74, 6) is 0.00277. The first-order valence-electron chi connectivity index (χ1n) is 7.77. The number of hydrogen-bond donors (Lipinski definition) is 1. The van der Waals surface area contributed by atoms with E-state index in [2.05, 4.69) is 12.2 Å². The van der Waals surface area contributed by atoms with Crippen LogP contribution in [0.5, 0.6) is 0 Å². The van der Waals surface area contributed by atoms with Gasteiger partial charge in [-0.2, -0.15) is 0 Å². The zero-order valence-corrected chi connectivity index (χ0v) is 13.0. The quantitative estimate of drug-likeness (QED) is 0.690. The van der Waals surface area contributed by atoms with Crippen molar-refractivity contribution in [1.29, 1.82) is 0 Å². The van der Waals surface area contributed by atoms with Crippen molar-refractivity contribution in [2.75, 3.05) is 19.8 Å². The van der Waals surface area contributed by atoms with Crippen molar-refractivity contribution >= 4 is 11.8 Å². The van der Waals surface area contributed by atoms with Crippen molar-refractivity contribution in [3.05, 3.63) is 0 Å². The summed E-state index contributed by atoms with van der Waals surface area (Å²) < 4.78 is 5.54. The Labute approximate surface area is 122 Å². The van der Waals surface area contributed by atoms with E-state index >= 15 is 0 Å². The molecule has 5 heteroatoms. The van der Waals surface area contributed by atoms with Gasteiger partial charge in [0.05, 0.1) is 6.61 Å². The Hall–Kier alpha value is -1.10. The number of carbonyl (C=O) groups is 2. The lowest BCUT2D eigenvalue weighted by Gasteiger charge is -2.28. The molecule has 0 aromatic rings. The third-order valence-electron chi connectivity index (χ3n) is 3.63. The van der Waals surface area contributed by atoms with Gasteiger partial charge in [-0.05, 0) is 19.8 Å². The predicted molar refractivity (Wildman–Crippen MR) is 78.4 cm³/mol. The molecule has 2 amide bonds. The highest BCUT2D eigenvalue weighted by Gasteiger charge is 2.32. The Kier molecular flexibility index (Phi) is 7.59. The van der Waals surface area contributed by atoms with Crippen molar-refractivity contribution in [3.63, 3.8) is 0 Å². The van der Waals surface area contributed by atoms with Crippen molar-refractivity contribution in [3.8, 4) is 0 Å². The van der Waals surface area contributed by atoms with E-state index in [9.17, 15) is 9.59 Å². The van der Waals surface area contributed by atoms with E-state index in [1.807, 2.05) is 13.8 Å². The molecule has 2 atom stereocenters. The molecule has 0 spiro atoms. The van der Waals surface area contributed by atoms with Crippen LogP contribution >= 0.6 is 0 Å². The number of rotatable bonds is 8. The van der Waals surface area contributed by atoms with E-state index < -0.39 is 0 Å². The molecule has 0 radical (unpaired) electrons. The molecule has 5 nitrogen and oxygen atoms in total. The van der Waals surface area contributed by atoms with Crippen molar-refractivity contribution in [2.45, 2.75) is 65.0 Å². The van der Waals surface area contributed by atoms with Gasteiger partial charge in [-0.25, -0.2) is 0 Å². The average Bonchev–Trinajstić information content (AvgIpc) is 2.50. The van der Waals surface area contributed by atoms with Crippen molar-refractivity contribution < 1.29 is 14.3 Å².